The molecule has 0 aliphatic carbocycles. The molecule has 0 saturated carbocycles. The lowest BCUT2D eigenvalue weighted by Gasteiger charge is -2.59. The quantitative estimate of drug-likeness (QED) is 0.739. The number of likely N-dealkylation sites (tertiary alicyclic amines) is 1. The predicted molar refractivity (Wildman–Crippen MR) is 71.8 cm³/mol. The molecule has 0 N–H and O–H groups in total. The molecule has 0 radical (unpaired) electrons. The Balaban J connectivity index is 3.19. The highest BCUT2D eigenvalue weighted by Gasteiger charge is 2.52. The Hall–Kier alpha value is -0.590. The van der Waals surface area contributed by atoms with Crippen molar-refractivity contribution < 1.29 is 0 Å². The van der Waals surface area contributed by atoms with Crippen molar-refractivity contribution in [2.75, 3.05) is 20.6 Å². The Bertz CT molecular complexity index is 305. The maximum atomic E-state index is 9.63. The van der Waals surface area contributed by atoms with E-state index in [1.807, 2.05) is 14.1 Å². The molecule has 0 unspecified atom stereocenters. The molecule has 1 aliphatic heterocycles. The van der Waals surface area contributed by atoms with E-state index in [2.05, 4.69) is 50.5 Å². The predicted octanol–water partition coefficient (Wildman–Crippen LogP) is 2.48. The van der Waals surface area contributed by atoms with Crippen LogP contribution in [0.3, 0.4) is 0 Å². The van der Waals surface area contributed by atoms with Crippen molar-refractivity contribution >= 4 is 0 Å². The lowest BCUT2D eigenvalue weighted by Crippen LogP contribution is -2.67. The normalized spacial score (nSPS) is 26.8. The molecule has 1 aliphatic rings. The molecule has 17 heavy (non-hydrogen) atoms. The molecule has 0 amide bonds. The first-order valence-electron chi connectivity index (χ1n) is 6.48. The fraction of sp³-hybridized carbons (Fsp3) is 0.929. The van der Waals surface area contributed by atoms with Gasteiger partial charge in [-0.25, -0.2) is 0 Å². The van der Waals surface area contributed by atoms with Gasteiger partial charge in [0.15, 0.2) is 0 Å². The summed E-state index contributed by atoms with van der Waals surface area (Å²) in [7, 11) is 4.05. The van der Waals surface area contributed by atoms with Crippen LogP contribution >= 0.6 is 0 Å². The van der Waals surface area contributed by atoms with Crippen LogP contribution in [0.4, 0.5) is 0 Å². The average Bonchev–Trinajstić information content (AvgIpc) is 2.13. The summed E-state index contributed by atoms with van der Waals surface area (Å²) in [5.41, 5.74) is -0.203. The third-order valence-electron chi connectivity index (χ3n) is 4.29. The van der Waals surface area contributed by atoms with Crippen molar-refractivity contribution in [3.8, 4) is 6.07 Å². The maximum Gasteiger partial charge on any atom is 0.112 e. The summed E-state index contributed by atoms with van der Waals surface area (Å²) in [6, 6.07) is 2.57. The molecule has 0 bridgehead atoms. The van der Waals surface area contributed by atoms with Gasteiger partial charge in [-0.3, -0.25) is 9.80 Å². The first-order chi connectivity index (χ1) is 7.61. The third kappa shape index (κ3) is 2.34. The molecule has 0 spiro atoms. The molecule has 0 atom stereocenters. The van der Waals surface area contributed by atoms with Crippen molar-refractivity contribution in [3.63, 3.8) is 0 Å². The zero-order chi connectivity index (χ0) is 13.5. The van der Waals surface area contributed by atoms with Crippen molar-refractivity contribution in [1.29, 1.82) is 5.26 Å². The Morgan fingerprint density at radius 2 is 1.53 bits per heavy atom. The van der Waals surface area contributed by atoms with E-state index in [1.54, 1.807) is 0 Å². The molecule has 1 heterocycles. The van der Waals surface area contributed by atoms with Gasteiger partial charge < -0.3 is 0 Å². The first-order valence-corrected chi connectivity index (χ1v) is 6.48. The van der Waals surface area contributed by atoms with Crippen LogP contribution in [0.25, 0.3) is 0 Å². The second-order valence-corrected chi connectivity index (χ2v) is 6.76. The van der Waals surface area contributed by atoms with Crippen LogP contribution in [0, 0.1) is 11.3 Å². The van der Waals surface area contributed by atoms with E-state index in [0.29, 0.717) is 0 Å². The maximum absolute atomic E-state index is 9.63. The van der Waals surface area contributed by atoms with Crippen LogP contribution in [0.2, 0.25) is 0 Å². The van der Waals surface area contributed by atoms with Crippen LogP contribution in [0.15, 0.2) is 0 Å². The van der Waals surface area contributed by atoms with Crippen molar-refractivity contribution in [3.05, 3.63) is 0 Å². The lowest BCUT2D eigenvalue weighted by atomic mass is 9.69. The second-order valence-electron chi connectivity index (χ2n) is 6.76. The van der Waals surface area contributed by atoms with E-state index in [9.17, 15) is 5.26 Å². The number of nitriles is 1. The third-order valence-corrected chi connectivity index (χ3v) is 4.29. The lowest BCUT2D eigenvalue weighted by molar-refractivity contribution is -0.0756. The van der Waals surface area contributed by atoms with Crippen LogP contribution in [-0.2, 0) is 0 Å². The minimum atomic E-state index is -0.335. The molecule has 1 saturated heterocycles. The largest absolute Gasteiger partial charge is 0.293 e. The Morgan fingerprint density at radius 1 is 1.12 bits per heavy atom. The Morgan fingerprint density at radius 3 is 1.76 bits per heavy atom. The molecule has 0 aromatic rings. The van der Waals surface area contributed by atoms with E-state index in [4.69, 9.17) is 0 Å². The molecule has 0 aromatic heterocycles. The second kappa shape index (κ2) is 4.26. The van der Waals surface area contributed by atoms with Gasteiger partial charge in [-0.2, -0.15) is 5.26 Å². The minimum Gasteiger partial charge on any atom is -0.293 e. The van der Waals surface area contributed by atoms with Gasteiger partial charge in [-0.1, -0.05) is 6.92 Å². The zero-order valence-electron chi connectivity index (χ0n) is 12.5. The molecule has 1 rings (SSSR count). The number of rotatable bonds is 2. The topological polar surface area (TPSA) is 30.3 Å². The summed E-state index contributed by atoms with van der Waals surface area (Å²) >= 11 is 0. The van der Waals surface area contributed by atoms with Crippen LogP contribution in [0.1, 0.15) is 47.5 Å². The van der Waals surface area contributed by atoms with E-state index < -0.39 is 0 Å². The molecule has 1 fully saturated rings. The van der Waals surface area contributed by atoms with Gasteiger partial charge in [0.1, 0.15) is 5.54 Å². The number of hydrogen-bond donors (Lipinski definition) is 0. The number of piperidine rings is 1. The van der Waals surface area contributed by atoms with Gasteiger partial charge in [-0.15, -0.1) is 0 Å². The molecular formula is C14H27N3. The van der Waals surface area contributed by atoms with Gasteiger partial charge in [0, 0.05) is 11.1 Å². The van der Waals surface area contributed by atoms with Crippen molar-refractivity contribution in [2.24, 2.45) is 0 Å². The summed E-state index contributed by atoms with van der Waals surface area (Å²) in [6.45, 7) is 12.3. The first kappa shape index (κ1) is 14.5. The zero-order valence-corrected chi connectivity index (χ0v) is 12.5. The highest BCUT2D eigenvalue weighted by Crippen LogP contribution is 2.44. The van der Waals surface area contributed by atoms with E-state index >= 15 is 0 Å². The Kier molecular flexibility index (Phi) is 3.63. The molecule has 3 heteroatoms. The highest BCUT2D eigenvalue weighted by atomic mass is 15.3. The Labute approximate surface area is 106 Å². The van der Waals surface area contributed by atoms with E-state index in [0.717, 1.165) is 19.4 Å². The van der Waals surface area contributed by atoms with E-state index in [1.165, 1.54) is 0 Å². The molecular weight excluding hydrogens is 210 g/mol. The van der Waals surface area contributed by atoms with Crippen molar-refractivity contribution in [2.45, 2.75) is 64.1 Å². The summed E-state index contributed by atoms with van der Waals surface area (Å²) in [5.74, 6) is 0. The number of nitrogens with zero attached hydrogens (tertiary/aromatic N) is 3. The van der Waals surface area contributed by atoms with E-state index in [-0.39, 0.29) is 16.6 Å². The summed E-state index contributed by atoms with van der Waals surface area (Å²) in [5, 5.41) is 9.63. The summed E-state index contributed by atoms with van der Waals surface area (Å²) < 4.78 is 0. The monoisotopic (exact) mass is 237 g/mol. The fourth-order valence-electron chi connectivity index (χ4n) is 3.86. The van der Waals surface area contributed by atoms with Gasteiger partial charge in [0.2, 0.25) is 0 Å². The smallest absolute Gasteiger partial charge is 0.112 e. The molecule has 98 valence electrons. The number of hydrogen-bond acceptors (Lipinski definition) is 3. The van der Waals surface area contributed by atoms with Gasteiger partial charge >= 0.3 is 0 Å². The van der Waals surface area contributed by atoms with Crippen LogP contribution in [-0.4, -0.2) is 47.1 Å². The summed E-state index contributed by atoms with van der Waals surface area (Å²) in [6.07, 6.45) is 1.81. The standard InChI is InChI=1S/C14H27N3/c1-8-17-12(2,3)9-14(11-15,16(6)7)10-13(17,4)5/h8-10H2,1-7H3. The molecule has 0 aromatic carbocycles. The van der Waals surface area contributed by atoms with Crippen LogP contribution in [0.5, 0.6) is 0 Å². The summed E-state index contributed by atoms with van der Waals surface area (Å²) in [4.78, 5) is 4.63. The highest BCUT2D eigenvalue weighted by molar-refractivity contribution is 5.18. The molecule has 3 nitrogen and oxygen atoms in total. The van der Waals surface area contributed by atoms with Gasteiger partial charge in [-0.05, 0) is 61.2 Å². The SMILES string of the molecule is CCN1C(C)(C)CC(C#N)(N(C)C)CC1(C)C. The fourth-order valence-corrected chi connectivity index (χ4v) is 3.86. The van der Waals surface area contributed by atoms with Gasteiger partial charge in [0.05, 0.1) is 6.07 Å². The minimum absolute atomic E-state index is 0.0660. The average molecular weight is 237 g/mol. The van der Waals surface area contributed by atoms with Crippen LogP contribution < -0.4 is 0 Å². The van der Waals surface area contributed by atoms with Crippen molar-refractivity contribution in [1.82, 2.24) is 9.80 Å². The van der Waals surface area contributed by atoms with Gasteiger partial charge in [0.25, 0.3) is 0 Å².